The van der Waals surface area contributed by atoms with Gasteiger partial charge >= 0.3 is 5.97 Å². The van der Waals surface area contributed by atoms with Crippen LogP contribution in [-0.4, -0.2) is 28.0 Å². The van der Waals surface area contributed by atoms with E-state index in [1.807, 2.05) is 20.2 Å². The van der Waals surface area contributed by atoms with Gasteiger partial charge in [0.05, 0.1) is 18.4 Å². The van der Waals surface area contributed by atoms with Gasteiger partial charge in [0.25, 0.3) is 0 Å². The van der Waals surface area contributed by atoms with E-state index in [4.69, 9.17) is 17.0 Å². The van der Waals surface area contributed by atoms with Crippen LogP contribution in [0.5, 0.6) is 0 Å². The van der Waals surface area contributed by atoms with Crippen molar-refractivity contribution in [3.8, 4) is 0 Å². The second-order valence-corrected chi connectivity index (χ2v) is 7.29. The molecule has 0 aromatic carbocycles. The van der Waals surface area contributed by atoms with Crippen molar-refractivity contribution < 1.29 is 9.53 Å². The zero-order valence-electron chi connectivity index (χ0n) is 13.9. The lowest BCUT2D eigenvalue weighted by atomic mass is 10.1. The number of nitrogens with one attached hydrogen (secondary N) is 2. The minimum Gasteiger partial charge on any atom is -0.465 e. The number of anilines is 1. The van der Waals surface area contributed by atoms with Gasteiger partial charge in [-0.2, -0.15) is 5.10 Å². The van der Waals surface area contributed by atoms with Crippen LogP contribution in [0.3, 0.4) is 0 Å². The molecule has 24 heavy (non-hydrogen) atoms. The molecule has 1 aliphatic rings. The van der Waals surface area contributed by atoms with Crippen molar-refractivity contribution in [3.05, 3.63) is 33.5 Å². The van der Waals surface area contributed by atoms with Crippen molar-refractivity contribution in [1.82, 2.24) is 15.1 Å². The number of thiophene rings is 1. The molecule has 0 unspecified atom stereocenters. The second kappa shape index (κ2) is 6.90. The highest BCUT2D eigenvalue weighted by atomic mass is 32.1. The number of aryl methyl sites for hydroxylation is 3. The predicted molar refractivity (Wildman–Crippen MR) is 98.7 cm³/mol. The first kappa shape index (κ1) is 16.9. The van der Waals surface area contributed by atoms with E-state index in [1.54, 1.807) is 16.0 Å². The van der Waals surface area contributed by atoms with Crippen LogP contribution in [-0.2, 0) is 31.2 Å². The standard InChI is InChI=1S/C16H20N4O2S2/c1-9-10(8-20(2)19-9)7-17-16(23)18-14-13(15(21)22-3)11-5-4-6-12(11)24-14/h8H,4-7H2,1-3H3,(H2,17,18,23). The maximum Gasteiger partial charge on any atom is 0.341 e. The van der Waals surface area contributed by atoms with Gasteiger partial charge < -0.3 is 15.4 Å². The Morgan fingerprint density at radius 1 is 1.50 bits per heavy atom. The van der Waals surface area contributed by atoms with Gasteiger partial charge in [0.15, 0.2) is 5.11 Å². The third-order valence-electron chi connectivity index (χ3n) is 4.09. The van der Waals surface area contributed by atoms with Crippen molar-refractivity contribution in [1.29, 1.82) is 0 Å². The number of esters is 1. The number of carbonyl (C=O) groups excluding carboxylic acids is 1. The highest BCUT2D eigenvalue weighted by Crippen LogP contribution is 2.39. The van der Waals surface area contributed by atoms with Crippen LogP contribution < -0.4 is 10.6 Å². The molecule has 0 atom stereocenters. The number of carbonyl (C=O) groups is 1. The summed E-state index contributed by atoms with van der Waals surface area (Å²) in [6.45, 7) is 2.55. The normalized spacial score (nSPS) is 12.8. The van der Waals surface area contributed by atoms with Crippen molar-refractivity contribution in [2.75, 3.05) is 12.4 Å². The Bertz CT molecular complexity index is 794. The molecule has 2 heterocycles. The van der Waals surface area contributed by atoms with Crippen LogP contribution in [0.1, 0.15) is 38.5 Å². The summed E-state index contributed by atoms with van der Waals surface area (Å²) >= 11 is 6.97. The van der Waals surface area contributed by atoms with E-state index in [1.165, 1.54) is 12.0 Å². The fourth-order valence-electron chi connectivity index (χ4n) is 2.96. The maximum absolute atomic E-state index is 12.1. The molecular weight excluding hydrogens is 344 g/mol. The fourth-order valence-corrected chi connectivity index (χ4v) is 4.48. The van der Waals surface area contributed by atoms with E-state index in [2.05, 4.69) is 15.7 Å². The average Bonchev–Trinajstić information content (AvgIpc) is 3.19. The molecule has 6 nitrogen and oxygen atoms in total. The smallest absolute Gasteiger partial charge is 0.341 e. The molecule has 0 spiro atoms. The molecule has 2 N–H and O–H groups in total. The SMILES string of the molecule is COC(=O)c1c(NC(=S)NCc2cn(C)nc2C)sc2c1CCC2. The van der Waals surface area contributed by atoms with Gasteiger partial charge in [0.2, 0.25) is 0 Å². The Balaban J connectivity index is 1.70. The summed E-state index contributed by atoms with van der Waals surface area (Å²) in [4.78, 5) is 13.4. The summed E-state index contributed by atoms with van der Waals surface area (Å²) in [5.74, 6) is -0.303. The molecular formula is C16H20N4O2S2. The lowest BCUT2D eigenvalue weighted by Crippen LogP contribution is -2.28. The number of methoxy groups -OCH3 is 1. The first-order valence-corrected chi connectivity index (χ1v) is 8.99. The minimum atomic E-state index is -0.303. The van der Waals surface area contributed by atoms with E-state index in [-0.39, 0.29) is 5.97 Å². The van der Waals surface area contributed by atoms with Gasteiger partial charge in [0, 0.05) is 30.2 Å². The average molecular weight is 364 g/mol. The zero-order chi connectivity index (χ0) is 17.3. The van der Waals surface area contributed by atoms with Crippen LogP contribution in [0.15, 0.2) is 6.20 Å². The quantitative estimate of drug-likeness (QED) is 0.642. The second-order valence-electron chi connectivity index (χ2n) is 5.77. The van der Waals surface area contributed by atoms with E-state index in [0.29, 0.717) is 17.2 Å². The first-order chi connectivity index (χ1) is 11.5. The number of aromatic nitrogens is 2. The molecule has 128 valence electrons. The van der Waals surface area contributed by atoms with E-state index >= 15 is 0 Å². The van der Waals surface area contributed by atoms with Crippen molar-refractivity contribution >= 4 is 39.6 Å². The monoisotopic (exact) mass is 364 g/mol. The summed E-state index contributed by atoms with van der Waals surface area (Å²) in [7, 11) is 3.30. The van der Waals surface area contributed by atoms with Crippen molar-refractivity contribution in [2.24, 2.45) is 7.05 Å². The topological polar surface area (TPSA) is 68.2 Å². The molecule has 0 radical (unpaired) electrons. The van der Waals surface area contributed by atoms with Gasteiger partial charge in [-0.25, -0.2) is 4.79 Å². The van der Waals surface area contributed by atoms with E-state index in [9.17, 15) is 4.79 Å². The fraction of sp³-hybridized carbons (Fsp3) is 0.438. The number of rotatable bonds is 4. The molecule has 1 aliphatic carbocycles. The lowest BCUT2D eigenvalue weighted by molar-refractivity contribution is 0.0601. The summed E-state index contributed by atoms with van der Waals surface area (Å²) < 4.78 is 6.72. The minimum absolute atomic E-state index is 0.303. The maximum atomic E-state index is 12.1. The molecule has 0 bridgehead atoms. The molecule has 0 saturated heterocycles. The highest BCUT2D eigenvalue weighted by Gasteiger charge is 2.27. The highest BCUT2D eigenvalue weighted by molar-refractivity contribution is 7.80. The Morgan fingerprint density at radius 3 is 2.96 bits per heavy atom. The largest absolute Gasteiger partial charge is 0.465 e. The number of hydrogen-bond acceptors (Lipinski definition) is 5. The zero-order valence-corrected chi connectivity index (χ0v) is 15.6. The summed E-state index contributed by atoms with van der Waals surface area (Å²) in [5.41, 5.74) is 3.80. The molecule has 0 amide bonds. The van der Waals surface area contributed by atoms with Crippen LogP contribution in [0.2, 0.25) is 0 Å². The number of fused-ring (bicyclic) bond motifs is 1. The van der Waals surface area contributed by atoms with Gasteiger partial charge in [0.1, 0.15) is 5.00 Å². The summed E-state index contributed by atoms with van der Waals surface area (Å²) in [5, 5.41) is 11.9. The van der Waals surface area contributed by atoms with Gasteiger partial charge in [-0.3, -0.25) is 4.68 Å². The molecule has 8 heteroatoms. The Morgan fingerprint density at radius 2 is 2.29 bits per heavy atom. The van der Waals surface area contributed by atoms with Crippen LogP contribution in [0, 0.1) is 6.92 Å². The third kappa shape index (κ3) is 3.29. The number of nitrogens with zero attached hydrogens (tertiary/aromatic N) is 2. The van der Waals surface area contributed by atoms with Crippen molar-refractivity contribution in [3.63, 3.8) is 0 Å². The Labute approximate surface area is 150 Å². The molecule has 0 aliphatic heterocycles. The summed E-state index contributed by atoms with van der Waals surface area (Å²) in [6, 6.07) is 0. The number of hydrogen-bond donors (Lipinski definition) is 2. The van der Waals surface area contributed by atoms with Gasteiger partial charge in [-0.1, -0.05) is 0 Å². The van der Waals surface area contributed by atoms with Crippen LogP contribution in [0.4, 0.5) is 5.00 Å². The molecule has 2 aromatic heterocycles. The van der Waals surface area contributed by atoms with Gasteiger partial charge in [-0.15, -0.1) is 11.3 Å². The first-order valence-electron chi connectivity index (χ1n) is 7.76. The van der Waals surface area contributed by atoms with E-state index in [0.717, 1.165) is 41.1 Å². The number of ether oxygens (including phenoxy) is 1. The lowest BCUT2D eigenvalue weighted by Gasteiger charge is -2.10. The van der Waals surface area contributed by atoms with Crippen molar-refractivity contribution in [2.45, 2.75) is 32.7 Å². The molecule has 3 rings (SSSR count). The number of thiocarbonyl (C=S) groups is 1. The molecule has 0 saturated carbocycles. The Hall–Kier alpha value is -1.93. The van der Waals surface area contributed by atoms with Crippen LogP contribution in [0.25, 0.3) is 0 Å². The summed E-state index contributed by atoms with van der Waals surface area (Å²) in [6.07, 6.45) is 4.99. The predicted octanol–water partition coefficient (Wildman–Crippen LogP) is 2.55. The van der Waals surface area contributed by atoms with Crippen LogP contribution >= 0.6 is 23.6 Å². The van der Waals surface area contributed by atoms with E-state index < -0.39 is 0 Å². The van der Waals surface area contributed by atoms with Gasteiger partial charge in [-0.05, 0) is 44.0 Å². The molecule has 2 aromatic rings. The third-order valence-corrected chi connectivity index (χ3v) is 5.55. The molecule has 0 fully saturated rings. The Kier molecular flexibility index (Phi) is 4.86.